The number of nitrogens with one attached hydrogen (secondary N) is 1. The zero-order chi connectivity index (χ0) is 15.4. The molecule has 0 atom stereocenters. The summed E-state index contributed by atoms with van der Waals surface area (Å²) in [6.07, 6.45) is 0. The summed E-state index contributed by atoms with van der Waals surface area (Å²) in [6.45, 7) is 0. The van der Waals surface area contributed by atoms with Gasteiger partial charge in [-0.1, -0.05) is 23.7 Å². The number of nitrogens with zero attached hydrogens (tertiary/aromatic N) is 1. The lowest BCUT2D eigenvalue weighted by Crippen LogP contribution is -2.22. The minimum absolute atomic E-state index is 0.128. The van der Waals surface area contributed by atoms with Crippen LogP contribution in [0.2, 0.25) is 5.02 Å². The van der Waals surface area contributed by atoms with Gasteiger partial charge in [0.1, 0.15) is 11.5 Å². The van der Waals surface area contributed by atoms with Crippen molar-refractivity contribution in [3.63, 3.8) is 0 Å². The van der Waals surface area contributed by atoms with Crippen LogP contribution in [0.5, 0.6) is 11.5 Å². The molecule has 0 aliphatic rings. The fourth-order valence-corrected chi connectivity index (χ4v) is 2.00. The normalized spacial score (nSPS) is 10.1. The molecule has 0 unspecified atom stereocenters. The summed E-state index contributed by atoms with van der Waals surface area (Å²) in [5.41, 5.74) is 3.57. The monoisotopic (exact) mass is 305 g/mol. The van der Waals surface area contributed by atoms with Gasteiger partial charge in [-0.2, -0.15) is 0 Å². The molecule has 0 bridgehead atoms. The molecule has 0 heterocycles. The largest absolute Gasteiger partial charge is 0.456 e. The number of amides is 1. The fourth-order valence-electron chi connectivity index (χ4n) is 1.78. The highest BCUT2D eigenvalue weighted by Crippen LogP contribution is 2.31. The van der Waals surface area contributed by atoms with Crippen molar-refractivity contribution in [3.8, 4) is 11.5 Å². The van der Waals surface area contributed by atoms with Crippen LogP contribution in [0, 0.1) is 0 Å². The second-order valence-electron chi connectivity index (χ2n) is 4.58. The van der Waals surface area contributed by atoms with Gasteiger partial charge in [-0.25, -0.2) is 0 Å². The van der Waals surface area contributed by atoms with Gasteiger partial charge in [0.05, 0.1) is 16.3 Å². The van der Waals surface area contributed by atoms with Gasteiger partial charge in [-0.05, 0) is 24.3 Å². The number of hydrogen-bond acceptors (Lipinski definition) is 4. The molecule has 0 aliphatic heterocycles. The van der Waals surface area contributed by atoms with Gasteiger partial charge in [0.15, 0.2) is 0 Å². The fraction of sp³-hybridized carbons (Fsp3) is 0.133. The number of para-hydroxylation sites is 1. The van der Waals surface area contributed by atoms with Crippen molar-refractivity contribution in [2.75, 3.05) is 19.5 Å². The van der Waals surface area contributed by atoms with Crippen LogP contribution in [0.15, 0.2) is 42.5 Å². The smallest absolute Gasteiger partial charge is 0.257 e. The number of nitrogen functional groups attached to an aromatic ring is 1. The van der Waals surface area contributed by atoms with Crippen molar-refractivity contribution < 1.29 is 9.53 Å². The average Bonchev–Trinajstić information content (AvgIpc) is 2.47. The molecule has 2 rings (SSSR count). The number of nitrogens with two attached hydrogens (primary N) is 1. The molecule has 6 heteroatoms. The SMILES string of the molecule is CN(C)C(=O)c1ccccc1Oc1ccc(NN)c(Cl)c1. The van der Waals surface area contributed by atoms with Crippen molar-refractivity contribution in [1.82, 2.24) is 4.90 Å². The molecule has 2 aromatic rings. The van der Waals surface area contributed by atoms with Crippen molar-refractivity contribution in [3.05, 3.63) is 53.1 Å². The Morgan fingerprint density at radius 2 is 1.95 bits per heavy atom. The van der Waals surface area contributed by atoms with Crippen LogP contribution in [0.3, 0.4) is 0 Å². The van der Waals surface area contributed by atoms with Gasteiger partial charge in [0, 0.05) is 20.2 Å². The summed E-state index contributed by atoms with van der Waals surface area (Å²) < 4.78 is 5.76. The first-order valence-electron chi connectivity index (χ1n) is 6.27. The van der Waals surface area contributed by atoms with E-state index in [0.29, 0.717) is 27.8 Å². The van der Waals surface area contributed by atoms with Crippen LogP contribution in [0.1, 0.15) is 10.4 Å². The van der Waals surface area contributed by atoms with E-state index in [4.69, 9.17) is 22.2 Å². The Morgan fingerprint density at radius 3 is 2.57 bits per heavy atom. The molecule has 0 fully saturated rings. The molecule has 0 aromatic heterocycles. The Bertz CT molecular complexity index is 659. The van der Waals surface area contributed by atoms with Crippen LogP contribution in [-0.2, 0) is 0 Å². The first-order valence-corrected chi connectivity index (χ1v) is 6.65. The molecular formula is C15H16ClN3O2. The molecule has 0 radical (unpaired) electrons. The Balaban J connectivity index is 2.32. The second kappa shape index (κ2) is 6.47. The van der Waals surface area contributed by atoms with Gasteiger partial charge in [-0.15, -0.1) is 0 Å². The van der Waals surface area contributed by atoms with E-state index < -0.39 is 0 Å². The van der Waals surface area contributed by atoms with Crippen LogP contribution >= 0.6 is 11.6 Å². The summed E-state index contributed by atoms with van der Waals surface area (Å²) in [4.78, 5) is 13.6. The van der Waals surface area contributed by atoms with Crippen LogP contribution in [-0.4, -0.2) is 24.9 Å². The van der Waals surface area contributed by atoms with E-state index in [0.717, 1.165) is 0 Å². The summed E-state index contributed by atoms with van der Waals surface area (Å²) in [7, 11) is 3.38. The molecule has 3 N–H and O–H groups in total. The van der Waals surface area contributed by atoms with E-state index in [-0.39, 0.29) is 5.91 Å². The molecule has 1 amide bonds. The Kier molecular flexibility index (Phi) is 4.67. The minimum atomic E-state index is -0.128. The topological polar surface area (TPSA) is 67.6 Å². The van der Waals surface area contributed by atoms with Crippen LogP contribution in [0.25, 0.3) is 0 Å². The molecule has 0 saturated heterocycles. The lowest BCUT2D eigenvalue weighted by Gasteiger charge is -2.15. The maximum absolute atomic E-state index is 12.1. The van der Waals surface area contributed by atoms with Crippen molar-refractivity contribution in [2.45, 2.75) is 0 Å². The molecule has 110 valence electrons. The summed E-state index contributed by atoms with van der Waals surface area (Å²) in [5.74, 6) is 6.20. The summed E-state index contributed by atoms with van der Waals surface area (Å²) >= 11 is 6.05. The highest BCUT2D eigenvalue weighted by molar-refractivity contribution is 6.33. The van der Waals surface area contributed by atoms with Crippen LogP contribution < -0.4 is 16.0 Å². The molecular weight excluding hydrogens is 290 g/mol. The number of ether oxygens (including phenoxy) is 1. The average molecular weight is 306 g/mol. The quantitative estimate of drug-likeness (QED) is 0.673. The third-order valence-electron chi connectivity index (χ3n) is 2.85. The van der Waals surface area contributed by atoms with Crippen molar-refractivity contribution in [1.29, 1.82) is 0 Å². The first kappa shape index (κ1) is 15.2. The number of hydrazine groups is 1. The zero-order valence-corrected chi connectivity index (χ0v) is 12.5. The Labute approximate surface area is 128 Å². The van der Waals surface area contributed by atoms with E-state index in [2.05, 4.69) is 5.43 Å². The van der Waals surface area contributed by atoms with Gasteiger partial charge in [-0.3, -0.25) is 10.6 Å². The second-order valence-corrected chi connectivity index (χ2v) is 4.99. The number of rotatable bonds is 4. The number of benzene rings is 2. The molecule has 0 spiro atoms. The van der Waals surface area contributed by atoms with Crippen molar-refractivity contribution >= 4 is 23.2 Å². The number of anilines is 1. The zero-order valence-electron chi connectivity index (χ0n) is 11.8. The summed E-state index contributed by atoms with van der Waals surface area (Å²) in [6, 6.07) is 12.1. The molecule has 5 nitrogen and oxygen atoms in total. The number of hydrogen-bond donors (Lipinski definition) is 2. The van der Waals surface area contributed by atoms with E-state index in [1.165, 1.54) is 4.90 Å². The predicted octanol–water partition coefficient (Wildman–Crippen LogP) is 3.12. The summed E-state index contributed by atoms with van der Waals surface area (Å²) in [5, 5.41) is 0.436. The number of carbonyl (C=O) groups is 1. The Morgan fingerprint density at radius 1 is 1.24 bits per heavy atom. The third-order valence-corrected chi connectivity index (χ3v) is 3.16. The Hall–Kier alpha value is -2.24. The van der Waals surface area contributed by atoms with E-state index >= 15 is 0 Å². The van der Waals surface area contributed by atoms with E-state index in [9.17, 15) is 4.79 Å². The number of halogens is 1. The van der Waals surface area contributed by atoms with Gasteiger partial charge < -0.3 is 15.1 Å². The van der Waals surface area contributed by atoms with Crippen molar-refractivity contribution in [2.24, 2.45) is 5.84 Å². The van der Waals surface area contributed by atoms with Gasteiger partial charge in [0.2, 0.25) is 0 Å². The molecule has 0 aliphatic carbocycles. The third kappa shape index (κ3) is 3.45. The lowest BCUT2D eigenvalue weighted by molar-refractivity contribution is 0.0825. The highest BCUT2D eigenvalue weighted by Gasteiger charge is 2.14. The highest BCUT2D eigenvalue weighted by atomic mass is 35.5. The molecule has 2 aromatic carbocycles. The lowest BCUT2D eigenvalue weighted by atomic mass is 10.2. The van der Waals surface area contributed by atoms with Crippen LogP contribution in [0.4, 0.5) is 5.69 Å². The maximum atomic E-state index is 12.1. The predicted molar refractivity (Wildman–Crippen MR) is 83.8 cm³/mol. The first-order chi connectivity index (χ1) is 10.0. The molecule has 0 saturated carbocycles. The van der Waals surface area contributed by atoms with Gasteiger partial charge in [0.25, 0.3) is 5.91 Å². The minimum Gasteiger partial charge on any atom is -0.456 e. The van der Waals surface area contributed by atoms with Gasteiger partial charge >= 0.3 is 0 Å². The number of carbonyl (C=O) groups excluding carboxylic acids is 1. The van der Waals surface area contributed by atoms with E-state index in [1.807, 2.05) is 0 Å². The maximum Gasteiger partial charge on any atom is 0.257 e. The standard InChI is InChI=1S/C15H16ClN3O2/c1-19(2)15(20)11-5-3-4-6-14(11)21-10-7-8-13(18-17)12(16)9-10/h3-9,18H,17H2,1-2H3. The van der Waals surface area contributed by atoms with E-state index in [1.54, 1.807) is 56.6 Å². The molecule has 21 heavy (non-hydrogen) atoms.